The van der Waals surface area contributed by atoms with Gasteiger partial charge in [-0.1, -0.05) is 23.8 Å². The fourth-order valence-electron chi connectivity index (χ4n) is 2.05. The molecule has 24 heavy (non-hydrogen) atoms. The van der Waals surface area contributed by atoms with Crippen LogP contribution < -0.4 is 5.73 Å². The van der Waals surface area contributed by atoms with E-state index in [0.717, 1.165) is 0 Å². The summed E-state index contributed by atoms with van der Waals surface area (Å²) >= 11 is 1.35. The first-order valence-electron chi connectivity index (χ1n) is 7.33. The van der Waals surface area contributed by atoms with Crippen molar-refractivity contribution in [2.45, 2.75) is 37.2 Å². The fourth-order valence-corrected chi connectivity index (χ4v) is 2.93. The molecule has 3 heterocycles. The van der Waals surface area contributed by atoms with Gasteiger partial charge in [-0.3, -0.25) is 9.36 Å². The summed E-state index contributed by atoms with van der Waals surface area (Å²) in [5.41, 5.74) is 5.34. The Morgan fingerprint density at radius 1 is 1.46 bits per heavy atom. The maximum atomic E-state index is 11.4. The highest BCUT2D eigenvalue weighted by Gasteiger charge is 2.22. The van der Waals surface area contributed by atoms with Gasteiger partial charge in [0.15, 0.2) is 16.7 Å². The zero-order valence-corrected chi connectivity index (χ0v) is 14.0. The zero-order chi connectivity index (χ0) is 17.1. The van der Waals surface area contributed by atoms with Crippen LogP contribution in [-0.4, -0.2) is 30.8 Å². The molecular formula is C14H16N6O3S. The number of hydrogen-bond donors (Lipinski definition) is 1. The van der Waals surface area contributed by atoms with Gasteiger partial charge in [0.2, 0.25) is 17.6 Å². The van der Waals surface area contributed by atoms with Crippen LogP contribution >= 0.6 is 11.8 Å². The molecule has 3 rings (SSSR count). The lowest BCUT2D eigenvalue weighted by Gasteiger charge is -2.08. The van der Waals surface area contributed by atoms with E-state index in [0.29, 0.717) is 34.9 Å². The summed E-state index contributed by atoms with van der Waals surface area (Å²) in [6.45, 7) is 3.81. The number of furan rings is 1. The van der Waals surface area contributed by atoms with E-state index in [4.69, 9.17) is 14.7 Å². The summed E-state index contributed by atoms with van der Waals surface area (Å²) < 4.78 is 12.2. The molecule has 0 bridgehead atoms. The number of nitrogens with zero attached hydrogens (tertiary/aromatic N) is 5. The topological polar surface area (TPSA) is 126 Å². The second kappa shape index (κ2) is 6.87. The third kappa shape index (κ3) is 3.32. The van der Waals surface area contributed by atoms with E-state index in [9.17, 15) is 4.79 Å². The Balaban J connectivity index is 1.88. The van der Waals surface area contributed by atoms with Crippen molar-refractivity contribution in [3.63, 3.8) is 0 Å². The summed E-state index contributed by atoms with van der Waals surface area (Å²) in [6, 6.07) is 3.48. The Bertz CT molecular complexity index is 826. The first-order valence-corrected chi connectivity index (χ1v) is 8.21. The summed E-state index contributed by atoms with van der Waals surface area (Å²) in [6.07, 6.45) is 2.22. The van der Waals surface area contributed by atoms with Crippen molar-refractivity contribution in [1.29, 1.82) is 0 Å². The number of amides is 1. The minimum Gasteiger partial charge on any atom is -0.461 e. The van der Waals surface area contributed by atoms with E-state index in [1.807, 2.05) is 13.8 Å². The van der Waals surface area contributed by atoms with Gasteiger partial charge in [-0.05, 0) is 19.1 Å². The average molecular weight is 348 g/mol. The molecule has 9 nitrogen and oxygen atoms in total. The van der Waals surface area contributed by atoms with Crippen molar-refractivity contribution in [2.75, 3.05) is 0 Å². The molecule has 0 aromatic carbocycles. The average Bonchev–Trinajstić information content (AvgIpc) is 3.27. The molecule has 3 aromatic heterocycles. The van der Waals surface area contributed by atoms with Crippen LogP contribution in [0.3, 0.4) is 0 Å². The summed E-state index contributed by atoms with van der Waals surface area (Å²) in [5, 5.41) is 12.5. The summed E-state index contributed by atoms with van der Waals surface area (Å²) in [4.78, 5) is 15.7. The molecule has 1 unspecified atom stereocenters. The Labute approximate surface area is 141 Å². The number of rotatable bonds is 7. The molecular weight excluding hydrogens is 332 g/mol. The number of nitrogens with two attached hydrogens (primary N) is 1. The predicted molar refractivity (Wildman–Crippen MR) is 84.9 cm³/mol. The monoisotopic (exact) mass is 348 g/mol. The maximum Gasteiger partial charge on any atom is 0.239 e. The summed E-state index contributed by atoms with van der Waals surface area (Å²) in [5.74, 6) is 1.59. The molecule has 1 amide bonds. The molecule has 0 saturated heterocycles. The maximum absolute atomic E-state index is 11.4. The van der Waals surface area contributed by atoms with Gasteiger partial charge in [0.05, 0.1) is 11.5 Å². The van der Waals surface area contributed by atoms with E-state index in [1.54, 1.807) is 16.7 Å². The van der Waals surface area contributed by atoms with Gasteiger partial charge >= 0.3 is 0 Å². The SMILES string of the molecule is CCc1noc(C(C)Sc2nnc(-c3ccco3)n2CC(N)=O)n1. The molecule has 2 N–H and O–H groups in total. The van der Waals surface area contributed by atoms with Crippen molar-refractivity contribution in [2.24, 2.45) is 5.73 Å². The van der Waals surface area contributed by atoms with Crippen LogP contribution in [0, 0.1) is 0 Å². The largest absolute Gasteiger partial charge is 0.461 e. The minimum atomic E-state index is -0.497. The lowest BCUT2D eigenvalue weighted by atomic mass is 10.4. The smallest absolute Gasteiger partial charge is 0.239 e. The number of carbonyl (C=O) groups excluding carboxylic acids is 1. The quantitative estimate of drug-likeness (QED) is 0.641. The summed E-state index contributed by atoms with van der Waals surface area (Å²) in [7, 11) is 0. The van der Waals surface area contributed by atoms with E-state index >= 15 is 0 Å². The number of aryl methyl sites for hydroxylation is 1. The number of aromatic nitrogens is 5. The van der Waals surface area contributed by atoms with Crippen LogP contribution in [0.15, 0.2) is 32.5 Å². The molecule has 0 fully saturated rings. The van der Waals surface area contributed by atoms with E-state index < -0.39 is 5.91 Å². The zero-order valence-electron chi connectivity index (χ0n) is 13.2. The van der Waals surface area contributed by atoms with Crippen LogP contribution in [-0.2, 0) is 17.8 Å². The lowest BCUT2D eigenvalue weighted by molar-refractivity contribution is -0.118. The number of primary amides is 1. The molecule has 10 heteroatoms. The normalized spacial score (nSPS) is 12.4. The van der Waals surface area contributed by atoms with Gasteiger partial charge in [-0.25, -0.2) is 0 Å². The number of thioether (sulfide) groups is 1. The Hall–Kier alpha value is -2.62. The Kier molecular flexibility index (Phi) is 4.65. The molecule has 1 atom stereocenters. The van der Waals surface area contributed by atoms with E-state index in [2.05, 4.69) is 20.3 Å². The lowest BCUT2D eigenvalue weighted by Crippen LogP contribution is -2.20. The second-order valence-corrected chi connectivity index (χ2v) is 6.31. The molecule has 0 aliphatic rings. The van der Waals surface area contributed by atoms with Gasteiger partial charge in [0, 0.05) is 6.42 Å². The van der Waals surface area contributed by atoms with Crippen LogP contribution in [0.25, 0.3) is 11.6 Å². The van der Waals surface area contributed by atoms with Crippen molar-refractivity contribution >= 4 is 17.7 Å². The number of hydrogen-bond acceptors (Lipinski definition) is 8. The second-order valence-electron chi connectivity index (χ2n) is 5.00. The van der Waals surface area contributed by atoms with E-state index in [-0.39, 0.29) is 11.8 Å². The van der Waals surface area contributed by atoms with Crippen LogP contribution in [0.5, 0.6) is 0 Å². The standard InChI is InChI=1S/C14H16N6O3S/c1-3-11-16-13(23-19-11)8(2)24-14-18-17-12(9-5-4-6-22-9)20(14)7-10(15)21/h4-6,8H,3,7H2,1-2H3,(H2,15,21). The third-order valence-electron chi connectivity index (χ3n) is 3.20. The van der Waals surface area contributed by atoms with Gasteiger partial charge in [0.1, 0.15) is 6.54 Å². The van der Waals surface area contributed by atoms with Gasteiger partial charge in [-0.15, -0.1) is 10.2 Å². The fraction of sp³-hybridized carbons (Fsp3) is 0.357. The predicted octanol–water partition coefficient (Wildman–Crippen LogP) is 1.82. The van der Waals surface area contributed by atoms with Crippen molar-refractivity contribution < 1.29 is 13.7 Å². The highest BCUT2D eigenvalue weighted by Crippen LogP contribution is 2.34. The molecule has 0 aliphatic heterocycles. The minimum absolute atomic E-state index is 0.0534. The molecule has 126 valence electrons. The van der Waals surface area contributed by atoms with Crippen LogP contribution in [0.4, 0.5) is 0 Å². The Morgan fingerprint density at radius 3 is 2.92 bits per heavy atom. The molecule has 0 spiro atoms. The first-order chi connectivity index (χ1) is 11.6. The van der Waals surface area contributed by atoms with Crippen LogP contribution in [0.1, 0.15) is 30.8 Å². The van der Waals surface area contributed by atoms with Crippen molar-refractivity contribution in [3.05, 3.63) is 30.1 Å². The van der Waals surface area contributed by atoms with Gasteiger partial charge < -0.3 is 14.7 Å². The third-order valence-corrected chi connectivity index (χ3v) is 4.27. The Morgan fingerprint density at radius 2 is 2.29 bits per heavy atom. The molecule has 0 saturated carbocycles. The first kappa shape index (κ1) is 16.2. The number of carbonyl (C=O) groups is 1. The molecule has 0 aliphatic carbocycles. The van der Waals surface area contributed by atoms with Gasteiger partial charge in [0.25, 0.3) is 0 Å². The van der Waals surface area contributed by atoms with Crippen molar-refractivity contribution in [3.8, 4) is 11.6 Å². The van der Waals surface area contributed by atoms with E-state index in [1.165, 1.54) is 18.0 Å². The molecule has 0 radical (unpaired) electrons. The van der Waals surface area contributed by atoms with Crippen LogP contribution in [0.2, 0.25) is 0 Å². The molecule has 3 aromatic rings. The van der Waals surface area contributed by atoms with Crippen molar-refractivity contribution in [1.82, 2.24) is 24.9 Å². The highest BCUT2D eigenvalue weighted by molar-refractivity contribution is 7.99. The van der Waals surface area contributed by atoms with Gasteiger partial charge in [-0.2, -0.15) is 4.98 Å². The highest BCUT2D eigenvalue weighted by atomic mass is 32.2.